The third-order valence-electron chi connectivity index (χ3n) is 7.80. The fraction of sp³-hybridized carbons (Fsp3) is 0.552. The van der Waals surface area contributed by atoms with Crippen molar-refractivity contribution in [3.63, 3.8) is 0 Å². The lowest BCUT2D eigenvalue weighted by atomic mass is 9.94. The van der Waals surface area contributed by atoms with Gasteiger partial charge in [0.05, 0.1) is 12.7 Å². The summed E-state index contributed by atoms with van der Waals surface area (Å²) in [6.45, 7) is 7.54. The number of amides is 1. The maximum atomic E-state index is 14.9. The number of nitrogens with zero attached hydrogens (tertiary/aromatic N) is 2. The number of halogens is 2. The number of benzene rings is 2. The van der Waals surface area contributed by atoms with Crippen molar-refractivity contribution in [3.05, 3.63) is 53.8 Å². The fourth-order valence-corrected chi connectivity index (χ4v) is 5.12. The number of carbonyl (C=O) groups excluding carboxylic acids is 1. The lowest BCUT2D eigenvalue weighted by Gasteiger charge is -2.36. The number of hydrogen-bond donors (Lipinski definition) is 1. The smallest absolute Gasteiger partial charge is 0.254 e. The molecule has 1 atom stereocenters. The van der Waals surface area contributed by atoms with Crippen molar-refractivity contribution in [3.8, 4) is 16.9 Å². The number of hydrogen-bond acceptors (Lipinski definition) is 4. The van der Waals surface area contributed by atoms with E-state index in [0.717, 1.165) is 31.7 Å². The predicted octanol–water partition coefficient (Wildman–Crippen LogP) is 5.32. The van der Waals surface area contributed by atoms with E-state index in [0.29, 0.717) is 62.5 Å². The molecule has 0 aliphatic carbocycles. The van der Waals surface area contributed by atoms with Crippen molar-refractivity contribution in [2.75, 3.05) is 39.3 Å². The minimum atomic E-state index is -1.09. The Balaban J connectivity index is 1.28. The van der Waals surface area contributed by atoms with Crippen molar-refractivity contribution >= 4 is 5.91 Å². The topological polar surface area (TPSA) is 53.0 Å². The van der Waals surface area contributed by atoms with Crippen LogP contribution in [-0.2, 0) is 0 Å². The van der Waals surface area contributed by atoms with Gasteiger partial charge in [0.2, 0.25) is 0 Å². The van der Waals surface area contributed by atoms with Crippen LogP contribution in [0.15, 0.2) is 42.5 Å². The number of piperidine rings is 1. The molecule has 2 heterocycles. The molecule has 2 aliphatic heterocycles. The van der Waals surface area contributed by atoms with E-state index in [4.69, 9.17) is 4.74 Å². The molecule has 196 valence electrons. The molecule has 4 rings (SSSR count). The molecule has 0 spiro atoms. The third kappa shape index (κ3) is 6.43. The van der Waals surface area contributed by atoms with Gasteiger partial charge in [-0.1, -0.05) is 32.0 Å². The van der Waals surface area contributed by atoms with Crippen LogP contribution in [0.2, 0.25) is 0 Å². The van der Waals surface area contributed by atoms with Crippen LogP contribution in [0.1, 0.15) is 56.3 Å². The van der Waals surface area contributed by atoms with Crippen LogP contribution < -0.4 is 4.74 Å². The van der Waals surface area contributed by atoms with Crippen LogP contribution in [0.3, 0.4) is 0 Å². The van der Waals surface area contributed by atoms with Gasteiger partial charge in [-0.15, -0.1) is 0 Å². The van der Waals surface area contributed by atoms with Gasteiger partial charge >= 0.3 is 0 Å². The zero-order valence-electron chi connectivity index (χ0n) is 21.4. The SMILES string of the molecule is CCC(F)(CC)CN1CCC(COc2ccc(-c3ccc(C(=O)N4CC[C@@H](O)C4)cc3F)cc2)CC1. The summed E-state index contributed by atoms with van der Waals surface area (Å²) in [4.78, 5) is 16.4. The van der Waals surface area contributed by atoms with E-state index in [1.807, 2.05) is 38.1 Å². The first-order valence-corrected chi connectivity index (χ1v) is 13.2. The number of aliphatic hydroxyl groups is 1. The van der Waals surface area contributed by atoms with Crippen LogP contribution >= 0.6 is 0 Å². The number of β-amino-alcohol motifs (C(OH)–C–C–N with tert-alkyl or cyclic N) is 1. The lowest BCUT2D eigenvalue weighted by molar-refractivity contribution is 0.0568. The Morgan fingerprint density at radius 2 is 1.75 bits per heavy atom. The summed E-state index contributed by atoms with van der Waals surface area (Å²) in [5.41, 5.74) is 0.343. The first-order valence-electron chi connectivity index (χ1n) is 13.2. The average molecular weight is 501 g/mol. The summed E-state index contributed by atoms with van der Waals surface area (Å²) < 4.78 is 35.6. The molecule has 0 bridgehead atoms. The predicted molar refractivity (Wildman–Crippen MR) is 137 cm³/mol. The third-order valence-corrected chi connectivity index (χ3v) is 7.80. The zero-order chi connectivity index (χ0) is 25.7. The largest absolute Gasteiger partial charge is 0.493 e. The number of rotatable bonds is 9. The maximum absolute atomic E-state index is 14.9. The molecule has 5 nitrogen and oxygen atoms in total. The van der Waals surface area contributed by atoms with E-state index < -0.39 is 17.6 Å². The molecule has 36 heavy (non-hydrogen) atoms. The first kappa shape index (κ1) is 26.6. The second-order valence-corrected chi connectivity index (χ2v) is 10.3. The van der Waals surface area contributed by atoms with E-state index in [1.54, 1.807) is 17.0 Å². The van der Waals surface area contributed by atoms with E-state index >= 15 is 0 Å². The second-order valence-electron chi connectivity index (χ2n) is 10.3. The molecular formula is C29H38F2N2O3. The minimum absolute atomic E-state index is 0.258. The quantitative estimate of drug-likeness (QED) is 0.507. The van der Waals surface area contributed by atoms with Gasteiger partial charge in [0.1, 0.15) is 17.2 Å². The number of aliphatic hydroxyl groups excluding tert-OH is 1. The van der Waals surface area contributed by atoms with Gasteiger partial charge in [0.25, 0.3) is 5.91 Å². The Morgan fingerprint density at radius 3 is 2.33 bits per heavy atom. The number of alkyl halides is 1. The highest BCUT2D eigenvalue weighted by molar-refractivity contribution is 5.95. The molecule has 1 N–H and O–H groups in total. The molecule has 0 radical (unpaired) electrons. The fourth-order valence-electron chi connectivity index (χ4n) is 5.12. The van der Waals surface area contributed by atoms with Gasteiger partial charge in [0, 0.05) is 30.8 Å². The van der Waals surface area contributed by atoms with Gasteiger partial charge in [-0.2, -0.15) is 0 Å². The van der Waals surface area contributed by atoms with Gasteiger partial charge in [-0.3, -0.25) is 4.79 Å². The maximum Gasteiger partial charge on any atom is 0.254 e. The summed E-state index contributed by atoms with van der Waals surface area (Å²) >= 11 is 0. The summed E-state index contributed by atoms with van der Waals surface area (Å²) in [6, 6.07) is 11.9. The van der Waals surface area contributed by atoms with Crippen LogP contribution in [0.5, 0.6) is 5.75 Å². The zero-order valence-corrected chi connectivity index (χ0v) is 21.4. The van der Waals surface area contributed by atoms with Crippen molar-refractivity contribution < 1.29 is 23.4 Å². The summed E-state index contributed by atoms with van der Waals surface area (Å²) in [7, 11) is 0. The number of carbonyl (C=O) groups is 1. The Labute approximate surface area is 213 Å². The van der Waals surface area contributed by atoms with Crippen LogP contribution in [0.25, 0.3) is 11.1 Å². The van der Waals surface area contributed by atoms with E-state index in [1.165, 1.54) is 6.07 Å². The van der Waals surface area contributed by atoms with E-state index in [9.17, 15) is 18.7 Å². The van der Waals surface area contributed by atoms with Gasteiger partial charge in [0.15, 0.2) is 0 Å². The molecule has 2 fully saturated rings. The molecule has 2 aromatic carbocycles. The Bertz CT molecular complexity index is 1020. The molecule has 2 saturated heterocycles. The van der Waals surface area contributed by atoms with Gasteiger partial charge in [-0.05, 0) is 80.9 Å². The highest BCUT2D eigenvalue weighted by Crippen LogP contribution is 2.28. The Kier molecular flexibility index (Phi) is 8.62. The highest BCUT2D eigenvalue weighted by atomic mass is 19.1. The lowest BCUT2D eigenvalue weighted by Crippen LogP contribution is -2.44. The molecule has 7 heteroatoms. The van der Waals surface area contributed by atoms with Gasteiger partial charge < -0.3 is 19.6 Å². The minimum Gasteiger partial charge on any atom is -0.493 e. The normalized spacial score (nSPS) is 19.6. The van der Waals surface area contributed by atoms with Crippen LogP contribution in [0.4, 0.5) is 8.78 Å². The summed E-state index contributed by atoms with van der Waals surface area (Å²) in [5.74, 6) is 0.467. The summed E-state index contributed by atoms with van der Waals surface area (Å²) in [5, 5.41) is 9.65. The van der Waals surface area contributed by atoms with Crippen molar-refractivity contribution in [2.45, 2.75) is 57.7 Å². The van der Waals surface area contributed by atoms with Crippen molar-refractivity contribution in [1.82, 2.24) is 9.80 Å². The van der Waals surface area contributed by atoms with E-state index in [-0.39, 0.29) is 11.5 Å². The Hall–Kier alpha value is -2.51. The molecule has 0 saturated carbocycles. The standard InChI is InChI=1S/C29H38F2N2O3/c1-3-29(31,4-2)20-32-14-11-21(12-15-32)19-36-25-8-5-22(6-9-25)26-10-7-23(17-27(26)30)28(35)33-16-13-24(34)18-33/h5-10,17,21,24,34H,3-4,11-16,18-20H2,1-2H3/t24-/m1/s1. The first-order chi connectivity index (χ1) is 17.3. The van der Waals surface area contributed by atoms with Crippen LogP contribution in [-0.4, -0.2) is 71.9 Å². The average Bonchev–Trinajstić information content (AvgIpc) is 3.34. The molecule has 2 aromatic rings. The highest BCUT2D eigenvalue weighted by Gasteiger charge is 2.30. The molecule has 2 aliphatic rings. The Morgan fingerprint density at radius 1 is 1.06 bits per heavy atom. The molecular weight excluding hydrogens is 462 g/mol. The molecule has 1 amide bonds. The number of ether oxygens (including phenoxy) is 1. The van der Waals surface area contributed by atoms with Crippen molar-refractivity contribution in [1.29, 1.82) is 0 Å². The van der Waals surface area contributed by atoms with Crippen molar-refractivity contribution in [2.24, 2.45) is 5.92 Å². The van der Waals surface area contributed by atoms with E-state index in [2.05, 4.69) is 4.90 Å². The molecule has 0 unspecified atom stereocenters. The number of likely N-dealkylation sites (tertiary alicyclic amines) is 2. The van der Waals surface area contributed by atoms with Crippen LogP contribution in [0, 0.1) is 11.7 Å². The summed E-state index contributed by atoms with van der Waals surface area (Å²) in [6.07, 6.45) is 3.14. The van der Waals surface area contributed by atoms with Gasteiger partial charge in [-0.25, -0.2) is 8.78 Å². The second kappa shape index (κ2) is 11.7. The molecule has 0 aromatic heterocycles. The monoisotopic (exact) mass is 500 g/mol.